The first kappa shape index (κ1) is 12.6. The number of guanidine groups is 1. The normalized spacial score (nSPS) is 19.1. The molecule has 1 aliphatic rings. The molecule has 0 spiro atoms. The van der Waals surface area contributed by atoms with Crippen LogP contribution in [0, 0.1) is 0 Å². The first-order chi connectivity index (χ1) is 7.33. The van der Waals surface area contributed by atoms with Crippen molar-refractivity contribution in [2.75, 3.05) is 44.2 Å². The van der Waals surface area contributed by atoms with Crippen molar-refractivity contribution in [1.82, 2.24) is 10.2 Å². The lowest BCUT2D eigenvalue weighted by Gasteiger charge is -2.26. The van der Waals surface area contributed by atoms with E-state index in [0.717, 1.165) is 26.1 Å². The third-order valence-electron chi connectivity index (χ3n) is 2.34. The van der Waals surface area contributed by atoms with Crippen molar-refractivity contribution in [3.63, 3.8) is 0 Å². The van der Waals surface area contributed by atoms with Gasteiger partial charge in [-0.3, -0.25) is 9.89 Å². The van der Waals surface area contributed by atoms with E-state index in [0.29, 0.717) is 5.96 Å². The van der Waals surface area contributed by atoms with Gasteiger partial charge in [-0.2, -0.15) is 11.8 Å². The molecular formula is C10H22N4S. The Morgan fingerprint density at radius 3 is 2.87 bits per heavy atom. The topological polar surface area (TPSA) is 53.6 Å². The Morgan fingerprint density at radius 1 is 1.47 bits per heavy atom. The van der Waals surface area contributed by atoms with Crippen molar-refractivity contribution >= 4 is 17.7 Å². The van der Waals surface area contributed by atoms with Crippen LogP contribution in [-0.2, 0) is 0 Å². The van der Waals surface area contributed by atoms with Crippen LogP contribution in [0.4, 0.5) is 0 Å². The standard InChI is InChI=1S/C10H22N4S/c1-2-3-12-10(11)13-4-5-14-6-8-15-9-7-14/h2-9H2,1H3,(H3,11,12,13). The van der Waals surface area contributed by atoms with Crippen molar-refractivity contribution in [3.05, 3.63) is 0 Å². The van der Waals surface area contributed by atoms with Gasteiger partial charge in [-0.05, 0) is 6.42 Å². The highest BCUT2D eigenvalue weighted by atomic mass is 32.2. The van der Waals surface area contributed by atoms with Gasteiger partial charge in [-0.25, -0.2) is 0 Å². The molecule has 0 aromatic rings. The Balaban J connectivity index is 2.04. The second-order valence-electron chi connectivity index (χ2n) is 3.65. The lowest BCUT2D eigenvalue weighted by Crippen LogP contribution is -2.41. The molecule has 1 aliphatic heterocycles. The number of nitrogens with zero attached hydrogens (tertiary/aromatic N) is 2. The van der Waals surface area contributed by atoms with Gasteiger partial charge in [0.05, 0.1) is 0 Å². The smallest absolute Gasteiger partial charge is 0.188 e. The van der Waals surface area contributed by atoms with Gasteiger partial charge in [0, 0.05) is 44.2 Å². The molecule has 5 heteroatoms. The first-order valence-electron chi connectivity index (χ1n) is 5.67. The van der Waals surface area contributed by atoms with Gasteiger partial charge in [0.25, 0.3) is 0 Å². The largest absolute Gasteiger partial charge is 0.370 e. The van der Waals surface area contributed by atoms with E-state index in [9.17, 15) is 0 Å². The molecule has 1 fully saturated rings. The summed E-state index contributed by atoms with van der Waals surface area (Å²) in [5.74, 6) is 3.11. The number of thioether (sulfide) groups is 1. The average Bonchev–Trinajstić information content (AvgIpc) is 2.28. The highest BCUT2D eigenvalue weighted by molar-refractivity contribution is 7.99. The summed E-state index contributed by atoms with van der Waals surface area (Å²) in [6.07, 6.45) is 1.05. The van der Waals surface area contributed by atoms with Crippen LogP contribution >= 0.6 is 11.8 Å². The number of hydrogen-bond acceptors (Lipinski definition) is 3. The summed E-state index contributed by atoms with van der Waals surface area (Å²) in [5.41, 5.74) is 5.69. The Bertz CT molecular complexity index is 190. The van der Waals surface area contributed by atoms with E-state index in [1.54, 1.807) is 0 Å². The maximum Gasteiger partial charge on any atom is 0.188 e. The molecule has 0 aromatic carbocycles. The van der Waals surface area contributed by atoms with E-state index in [1.807, 2.05) is 11.8 Å². The third kappa shape index (κ3) is 5.89. The summed E-state index contributed by atoms with van der Waals surface area (Å²) in [7, 11) is 0. The molecule has 1 saturated heterocycles. The van der Waals surface area contributed by atoms with Crippen molar-refractivity contribution in [2.24, 2.45) is 10.7 Å². The maximum absolute atomic E-state index is 5.69. The molecule has 1 rings (SSSR count). The predicted octanol–water partition coefficient (Wildman–Crippen LogP) is 0.350. The third-order valence-corrected chi connectivity index (χ3v) is 3.29. The molecule has 0 saturated carbocycles. The molecule has 4 nitrogen and oxygen atoms in total. The Kier molecular flexibility index (Phi) is 6.59. The Morgan fingerprint density at radius 2 is 2.20 bits per heavy atom. The van der Waals surface area contributed by atoms with Crippen molar-refractivity contribution in [3.8, 4) is 0 Å². The zero-order valence-corrected chi connectivity index (χ0v) is 10.4. The summed E-state index contributed by atoms with van der Waals surface area (Å²) in [6, 6.07) is 0. The minimum atomic E-state index is 0.586. The zero-order valence-electron chi connectivity index (χ0n) is 9.54. The van der Waals surface area contributed by atoms with Crippen molar-refractivity contribution < 1.29 is 0 Å². The molecule has 0 aromatic heterocycles. The van der Waals surface area contributed by atoms with Crippen LogP contribution < -0.4 is 11.1 Å². The van der Waals surface area contributed by atoms with E-state index < -0.39 is 0 Å². The quantitative estimate of drug-likeness (QED) is 0.528. The van der Waals surface area contributed by atoms with E-state index in [-0.39, 0.29) is 0 Å². The van der Waals surface area contributed by atoms with Gasteiger partial charge in [0.1, 0.15) is 0 Å². The lowest BCUT2D eigenvalue weighted by atomic mass is 10.4. The minimum Gasteiger partial charge on any atom is -0.370 e. The van der Waals surface area contributed by atoms with Crippen molar-refractivity contribution in [1.29, 1.82) is 0 Å². The Labute approximate surface area is 96.7 Å². The van der Waals surface area contributed by atoms with Gasteiger partial charge < -0.3 is 11.1 Å². The van der Waals surface area contributed by atoms with Crippen LogP contribution in [0.15, 0.2) is 4.99 Å². The highest BCUT2D eigenvalue weighted by Gasteiger charge is 2.08. The Hall–Kier alpha value is -0.420. The molecule has 15 heavy (non-hydrogen) atoms. The summed E-state index contributed by atoms with van der Waals surface area (Å²) in [5, 5.41) is 3.14. The number of nitrogens with two attached hydrogens (primary N) is 1. The number of hydrogen-bond donors (Lipinski definition) is 2. The molecule has 0 amide bonds. The maximum atomic E-state index is 5.69. The SMILES string of the molecule is CCCN=C(N)NCCN1CCSCC1. The number of rotatable bonds is 5. The molecule has 88 valence electrons. The summed E-state index contributed by atoms with van der Waals surface area (Å²) in [6.45, 7) is 7.31. The van der Waals surface area contributed by atoms with Crippen LogP contribution in [0.1, 0.15) is 13.3 Å². The molecule has 0 bridgehead atoms. The zero-order chi connectivity index (χ0) is 10.9. The molecule has 0 aliphatic carbocycles. The van der Waals surface area contributed by atoms with Gasteiger partial charge in [-0.15, -0.1) is 0 Å². The highest BCUT2D eigenvalue weighted by Crippen LogP contribution is 2.07. The molecular weight excluding hydrogens is 208 g/mol. The second-order valence-corrected chi connectivity index (χ2v) is 4.87. The van der Waals surface area contributed by atoms with E-state index in [1.165, 1.54) is 24.6 Å². The van der Waals surface area contributed by atoms with Gasteiger partial charge in [0.2, 0.25) is 0 Å². The fourth-order valence-electron chi connectivity index (χ4n) is 1.46. The van der Waals surface area contributed by atoms with Crippen molar-refractivity contribution in [2.45, 2.75) is 13.3 Å². The van der Waals surface area contributed by atoms with Crippen LogP contribution in [0.5, 0.6) is 0 Å². The monoisotopic (exact) mass is 230 g/mol. The van der Waals surface area contributed by atoms with E-state index in [4.69, 9.17) is 5.73 Å². The molecule has 3 N–H and O–H groups in total. The molecule has 1 heterocycles. The molecule has 0 radical (unpaired) electrons. The molecule has 0 unspecified atom stereocenters. The summed E-state index contributed by atoms with van der Waals surface area (Å²) >= 11 is 2.04. The van der Waals surface area contributed by atoms with Gasteiger partial charge >= 0.3 is 0 Å². The number of nitrogens with one attached hydrogen (secondary N) is 1. The van der Waals surface area contributed by atoms with Crippen LogP contribution in [0.25, 0.3) is 0 Å². The average molecular weight is 230 g/mol. The van der Waals surface area contributed by atoms with Crippen LogP contribution in [-0.4, -0.2) is 55.1 Å². The summed E-state index contributed by atoms with van der Waals surface area (Å²) in [4.78, 5) is 6.65. The second kappa shape index (κ2) is 7.82. The van der Waals surface area contributed by atoms with Crippen LogP contribution in [0.2, 0.25) is 0 Å². The van der Waals surface area contributed by atoms with Gasteiger partial charge in [0.15, 0.2) is 5.96 Å². The fraction of sp³-hybridized carbons (Fsp3) is 0.900. The predicted molar refractivity (Wildman–Crippen MR) is 68.5 cm³/mol. The van der Waals surface area contributed by atoms with Crippen LogP contribution in [0.3, 0.4) is 0 Å². The van der Waals surface area contributed by atoms with Gasteiger partial charge in [-0.1, -0.05) is 6.92 Å². The summed E-state index contributed by atoms with van der Waals surface area (Å²) < 4.78 is 0. The molecule has 0 atom stereocenters. The van der Waals surface area contributed by atoms with E-state index in [2.05, 4.69) is 22.1 Å². The number of aliphatic imine (C=N–C) groups is 1. The fourth-order valence-corrected chi connectivity index (χ4v) is 2.43. The first-order valence-corrected chi connectivity index (χ1v) is 6.82. The minimum absolute atomic E-state index is 0.586. The lowest BCUT2D eigenvalue weighted by molar-refractivity contribution is 0.307. The van der Waals surface area contributed by atoms with E-state index >= 15 is 0 Å².